The summed E-state index contributed by atoms with van der Waals surface area (Å²) < 4.78 is 5.41. The minimum Gasteiger partial charge on any atom is -0.379 e. The molecule has 3 aromatic rings. The van der Waals surface area contributed by atoms with Gasteiger partial charge >= 0.3 is 0 Å². The second-order valence-corrected chi connectivity index (χ2v) is 7.19. The zero-order chi connectivity index (χ0) is 17.1. The molecule has 0 radical (unpaired) electrons. The third-order valence-electron chi connectivity index (χ3n) is 4.41. The van der Waals surface area contributed by atoms with Crippen LogP contribution in [0.1, 0.15) is 17.5 Å². The van der Waals surface area contributed by atoms with Crippen molar-refractivity contribution in [3.8, 4) is 0 Å². The van der Waals surface area contributed by atoms with E-state index in [1.54, 1.807) is 11.3 Å². The molecule has 1 fully saturated rings. The summed E-state index contributed by atoms with van der Waals surface area (Å²) >= 11 is 1.76. The molecule has 0 atom stereocenters. The summed E-state index contributed by atoms with van der Waals surface area (Å²) in [5, 5.41) is 5.84. The van der Waals surface area contributed by atoms with Crippen LogP contribution >= 0.6 is 11.3 Å². The maximum Gasteiger partial charge on any atom is 0.185 e. The number of aromatic nitrogens is 2. The molecule has 0 amide bonds. The lowest BCUT2D eigenvalue weighted by Gasteiger charge is -2.25. The molecule has 6 heteroatoms. The lowest BCUT2D eigenvalue weighted by molar-refractivity contribution is 0.122. The smallest absolute Gasteiger partial charge is 0.185 e. The van der Waals surface area contributed by atoms with E-state index in [0.29, 0.717) is 0 Å². The summed E-state index contributed by atoms with van der Waals surface area (Å²) in [5.74, 6) is 0. The number of fused-ring (bicyclic) bond motifs is 1. The predicted octanol–water partition coefficient (Wildman–Crippen LogP) is 3.70. The minimum atomic E-state index is 0.777. The van der Waals surface area contributed by atoms with Gasteiger partial charge in [0.05, 0.1) is 25.3 Å². The summed E-state index contributed by atoms with van der Waals surface area (Å²) in [6, 6.07) is 10.4. The van der Waals surface area contributed by atoms with Crippen LogP contribution in [-0.2, 0) is 17.7 Å². The SMILES string of the molecule is CCc1cc(NCc2cnc(N3CCOCC3)s2)c2ccccc2n1. The van der Waals surface area contributed by atoms with Gasteiger partial charge in [0.1, 0.15) is 0 Å². The van der Waals surface area contributed by atoms with Crippen LogP contribution in [0, 0.1) is 0 Å². The molecule has 0 aliphatic carbocycles. The predicted molar refractivity (Wildman–Crippen MR) is 104 cm³/mol. The van der Waals surface area contributed by atoms with E-state index in [4.69, 9.17) is 9.72 Å². The van der Waals surface area contributed by atoms with E-state index in [-0.39, 0.29) is 0 Å². The Labute approximate surface area is 151 Å². The number of aryl methyl sites for hydroxylation is 1. The van der Waals surface area contributed by atoms with Crippen molar-refractivity contribution < 1.29 is 4.74 Å². The number of anilines is 2. The van der Waals surface area contributed by atoms with Crippen LogP contribution in [-0.4, -0.2) is 36.3 Å². The first kappa shape index (κ1) is 16.3. The highest BCUT2D eigenvalue weighted by molar-refractivity contribution is 7.15. The number of ether oxygens (including phenoxy) is 1. The Morgan fingerprint density at radius 1 is 1.24 bits per heavy atom. The van der Waals surface area contributed by atoms with Crippen LogP contribution in [0.3, 0.4) is 0 Å². The van der Waals surface area contributed by atoms with Gasteiger partial charge < -0.3 is 15.0 Å². The minimum absolute atomic E-state index is 0.777. The number of pyridine rings is 1. The van der Waals surface area contributed by atoms with Crippen LogP contribution in [0.15, 0.2) is 36.5 Å². The number of benzene rings is 1. The lowest BCUT2D eigenvalue weighted by atomic mass is 10.1. The van der Waals surface area contributed by atoms with Gasteiger partial charge in [-0.25, -0.2) is 4.98 Å². The van der Waals surface area contributed by atoms with Crippen molar-refractivity contribution in [3.63, 3.8) is 0 Å². The van der Waals surface area contributed by atoms with Gasteiger partial charge in [-0.3, -0.25) is 4.98 Å². The Morgan fingerprint density at radius 2 is 2.08 bits per heavy atom. The van der Waals surface area contributed by atoms with E-state index in [9.17, 15) is 0 Å². The fourth-order valence-electron chi connectivity index (χ4n) is 3.02. The Bertz CT molecular complexity index is 858. The third-order valence-corrected chi connectivity index (χ3v) is 5.47. The molecule has 1 aliphatic heterocycles. The van der Waals surface area contributed by atoms with Crippen LogP contribution < -0.4 is 10.2 Å². The van der Waals surface area contributed by atoms with Crippen molar-refractivity contribution in [2.24, 2.45) is 0 Å². The first-order chi connectivity index (χ1) is 12.3. The number of para-hydroxylation sites is 1. The monoisotopic (exact) mass is 354 g/mol. The lowest BCUT2D eigenvalue weighted by Crippen LogP contribution is -2.36. The van der Waals surface area contributed by atoms with Crippen LogP contribution in [0.5, 0.6) is 0 Å². The normalized spacial score (nSPS) is 14.8. The average Bonchev–Trinajstić information content (AvgIpc) is 3.15. The number of hydrogen-bond acceptors (Lipinski definition) is 6. The second-order valence-electron chi connectivity index (χ2n) is 6.09. The van der Waals surface area contributed by atoms with Gasteiger partial charge in [-0.2, -0.15) is 0 Å². The fourth-order valence-corrected chi connectivity index (χ4v) is 3.92. The number of nitrogens with one attached hydrogen (secondary N) is 1. The molecule has 0 saturated carbocycles. The van der Waals surface area contributed by atoms with Crippen LogP contribution in [0.25, 0.3) is 10.9 Å². The van der Waals surface area contributed by atoms with Gasteiger partial charge in [0, 0.05) is 40.9 Å². The Balaban J connectivity index is 1.51. The highest BCUT2D eigenvalue weighted by Crippen LogP contribution is 2.27. The van der Waals surface area contributed by atoms with Crippen molar-refractivity contribution in [3.05, 3.63) is 47.1 Å². The van der Waals surface area contributed by atoms with Crippen molar-refractivity contribution >= 4 is 33.1 Å². The van der Waals surface area contributed by atoms with Gasteiger partial charge in [-0.15, -0.1) is 11.3 Å². The summed E-state index contributed by atoms with van der Waals surface area (Å²) in [6.07, 6.45) is 2.91. The summed E-state index contributed by atoms with van der Waals surface area (Å²) in [5.41, 5.74) is 3.30. The first-order valence-corrected chi connectivity index (χ1v) is 9.55. The van der Waals surface area contributed by atoms with Crippen molar-refractivity contribution in [2.75, 3.05) is 36.5 Å². The summed E-state index contributed by atoms with van der Waals surface area (Å²) in [7, 11) is 0. The zero-order valence-electron chi connectivity index (χ0n) is 14.4. The molecular formula is C19H22N4OS. The quantitative estimate of drug-likeness (QED) is 0.757. The molecule has 0 bridgehead atoms. The van der Waals surface area contributed by atoms with Gasteiger partial charge in [0.25, 0.3) is 0 Å². The van der Waals surface area contributed by atoms with E-state index in [1.807, 2.05) is 12.3 Å². The standard InChI is InChI=1S/C19H22N4OS/c1-2-14-11-18(16-5-3-4-6-17(16)22-14)20-12-15-13-21-19(25-15)23-7-9-24-10-8-23/h3-6,11,13H,2,7-10,12H2,1H3,(H,20,22). The molecule has 5 nitrogen and oxygen atoms in total. The van der Waals surface area contributed by atoms with Gasteiger partial charge in [0.2, 0.25) is 0 Å². The van der Waals surface area contributed by atoms with Gasteiger partial charge in [0.15, 0.2) is 5.13 Å². The van der Waals surface area contributed by atoms with E-state index in [2.05, 4.69) is 46.4 Å². The molecule has 0 unspecified atom stereocenters. The molecule has 2 aromatic heterocycles. The third kappa shape index (κ3) is 3.60. The molecular weight excluding hydrogens is 332 g/mol. The van der Waals surface area contributed by atoms with Gasteiger partial charge in [-0.05, 0) is 18.6 Å². The topological polar surface area (TPSA) is 50.3 Å². The number of morpholine rings is 1. The second kappa shape index (κ2) is 7.37. The van der Waals surface area contributed by atoms with E-state index < -0.39 is 0 Å². The first-order valence-electron chi connectivity index (χ1n) is 8.73. The van der Waals surface area contributed by atoms with Crippen molar-refractivity contribution in [2.45, 2.75) is 19.9 Å². The maximum atomic E-state index is 5.41. The maximum absolute atomic E-state index is 5.41. The summed E-state index contributed by atoms with van der Waals surface area (Å²) in [4.78, 5) is 12.8. The number of rotatable bonds is 5. The molecule has 0 spiro atoms. The van der Waals surface area contributed by atoms with Crippen LogP contribution in [0.4, 0.5) is 10.8 Å². The Morgan fingerprint density at radius 3 is 2.92 bits per heavy atom. The highest BCUT2D eigenvalue weighted by Gasteiger charge is 2.14. The Hall–Kier alpha value is -2.18. The number of thiazole rings is 1. The van der Waals surface area contributed by atoms with E-state index in [1.165, 1.54) is 4.88 Å². The van der Waals surface area contributed by atoms with E-state index >= 15 is 0 Å². The molecule has 1 aromatic carbocycles. The largest absolute Gasteiger partial charge is 0.379 e. The van der Waals surface area contributed by atoms with Gasteiger partial charge in [-0.1, -0.05) is 25.1 Å². The molecule has 25 heavy (non-hydrogen) atoms. The molecule has 130 valence electrons. The highest BCUT2D eigenvalue weighted by atomic mass is 32.1. The number of nitrogens with zero attached hydrogens (tertiary/aromatic N) is 3. The molecule has 1 aliphatic rings. The molecule has 1 N–H and O–H groups in total. The molecule has 3 heterocycles. The average molecular weight is 354 g/mol. The van der Waals surface area contributed by atoms with Crippen LogP contribution in [0.2, 0.25) is 0 Å². The molecule has 4 rings (SSSR count). The zero-order valence-corrected chi connectivity index (χ0v) is 15.2. The van der Waals surface area contributed by atoms with Crippen molar-refractivity contribution in [1.29, 1.82) is 0 Å². The van der Waals surface area contributed by atoms with E-state index in [0.717, 1.165) is 66.7 Å². The number of hydrogen-bond donors (Lipinski definition) is 1. The van der Waals surface area contributed by atoms with Crippen molar-refractivity contribution in [1.82, 2.24) is 9.97 Å². The molecule has 1 saturated heterocycles. The Kier molecular flexibility index (Phi) is 4.81. The fraction of sp³-hybridized carbons (Fsp3) is 0.368. The summed E-state index contributed by atoms with van der Waals surface area (Å²) in [6.45, 7) is 6.34.